The summed E-state index contributed by atoms with van der Waals surface area (Å²) < 4.78 is 4.64. The highest BCUT2D eigenvalue weighted by atomic mass is 15.0. The van der Waals surface area contributed by atoms with Crippen LogP contribution >= 0.6 is 0 Å². The number of pyridine rings is 2. The minimum absolute atomic E-state index is 1.03. The number of nitrogens with zero attached hydrogens (tertiary/aromatic N) is 4. The van der Waals surface area contributed by atoms with Crippen molar-refractivity contribution in [3.63, 3.8) is 0 Å². The highest BCUT2D eigenvalue weighted by molar-refractivity contribution is 6.08. The number of aryl methyl sites for hydroxylation is 2. The summed E-state index contributed by atoms with van der Waals surface area (Å²) in [6.45, 7) is 4.41. The molecule has 4 aromatic carbocycles. The van der Waals surface area contributed by atoms with Gasteiger partial charge in [0.1, 0.15) is 0 Å². The Kier molecular flexibility index (Phi) is 4.92. The van der Waals surface area contributed by atoms with Crippen LogP contribution in [0.5, 0.6) is 0 Å². The van der Waals surface area contributed by atoms with Crippen molar-refractivity contribution in [1.82, 2.24) is 19.1 Å². The molecule has 0 aliphatic rings. The molecule has 4 nitrogen and oxygen atoms in total. The zero-order chi connectivity index (χ0) is 26.8. The van der Waals surface area contributed by atoms with Gasteiger partial charge in [-0.3, -0.25) is 9.97 Å². The van der Waals surface area contributed by atoms with E-state index in [2.05, 4.69) is 120 Å². The second-order valence-electron chi connectivity index (χ2n) is 10.4. The number of benzene rings is 4. The normalized spacial score (nSPS) is 11.8. The molecule has 0 spiro atoms. The number of hydrogen-bond acceptors (Lipinski definition) is 2. The van der Waals surface area contributed by atoms with Gasteiger partial charge in [0, 0.05) is 34.5 Å². The van der Waals surface area contributed by atoms with Gasteiger partial charge < -0.3 is 9.13 Å². The Labute approximate surface area is 231 Å². The Morgan fingerprint density at radius 2 is 0.875 bits per heavy atom. The number of rotatable bonds is 3. The minimum atomic E-state index is 1.03. The summed E-state index contributed by atoms with van der Waals surface area (Å²) in [5.74, 6) is 0. The minimum Gasteiger partial charge on any atom is -0.308 e. The first kappa shape index (κ1) is 22.7. The van der Waals surface area contributed by atoms with E-state index in [0.29, 0.717) is 0 Å². The van der Waals surface area contributed by atoms with E-state index >= 15 is 0 Å². The molecule has 4 aromatic heterocycles. The maximum atomic E-state index is 4.70. The second kappa shape index (κ2) is 8.65. The number of hydrogen-bond donors (Lipinski definition) is 0. The van der Waals surface area contributed by atoms with E-state index in [1.54, 1.807) is 0 Å². The quantitative estimate of drug-likeness (QED) is 0.236. The van der Waals surface area contributed by atoms with Gasteiger partial charge in [-0.25, -0.2) is 0 Å². The Morgan fingerprint density at radius 1 is 0.450 bits per heavy atom. The fourth-order valence-electron chi connectivity index (χ4n) is 6.30. The van der Waals surface area contributed by atoms with Gasteiger partial charge in [-0.1, -0.05) is 48.5 Å². The van der Waals surface area contributed by atoms with E-state index in [0.717, 1.165) is 33.4 Å². The lowest BCUT2D eigenvalue weighted by Crippen LogP contribution is -1.98. The Bertz CT molecular complexity index is 1980. The van der Waals surface area contributed by atoms with Crippen molar-refractivity contribution < 1.29 is 0 Å². The van der Waals surface area contributed by atoms with Gasteiger partial charge in [0.25, 0.3) is 0 Å². The highest BCUT2D eigenvalue weighted by Gasteiger charge is 2.16. The molecule has 8 rings (SSSR count). The molecule has 0 amide bonds. The maximum Gasteiger partial charge on any atom is 0.0963 e. The van der Waals surface area contributed by atoms with E-state index in [4.69, 9.17) is 9.97 Å². The van der Waals surface area contributed by atoms with E-state index in [9.17, 15) is 0 Å². The molecular weight excluding hydrogens is 488 g/mol. The van der Waals surface area contributed by atoms with Crippen molar-refractivity contribution in [2.75, 3.05) is 0 Å². The molecular formula is C36H26N4. The third-order valence-electron chi connectivity index (χ3n) is 8.08. The van der Waals surface area contributed by atoms with Crippen LogP contribution in [0, 0.1) is 13.8 Å². The third kappa shape index (κ3) is 3.26. The molecule has 4 heteroatoms. The van der Waals surface area contributed by atoms with Crippen LogP contribution < -0.4 is 0 Å². The summed E-state index contributed by atoms with van der Waals surface area (Å²) in [6.07, 6.45) is 3.74. The molecule has 0 saturated carbocycles. The van der Waals surface area contributed by atoms with Crippen LogP contribution in [-0.4, -0.2) is 19.1 Å². The molecule has 0 radical (unpaired) electrons. The summed E-state index contributed by atoms with van der Waals surface area (Å²) in [6, 6.07) is 38.9. The molecule has 0 atom stereocenters. The van der Waals surface area contributed by atoms with Gasteiger partial charge in [-0.2, -0.15) is 0 Å². The lowest BCUT2D eigenvalue weighted by Gasteiger charge is -2.15. The standard InChI is InChI=1S/C36H26N4/c1-23-21-25(39-31-11-5-3-9-29(31)35-33(39)13-7-19-37-35)15-17-27(23)28-18-16-26(22-24(28)2)40-32-12-6-4-10-30(32)36-34(40)14-8-20-38-36/h3-22H,1-2H3. The predicted molar refractivity (Wildman–Crippen MR) is 166 cm³/mol. The molecule has 0 aliphatic heterocycles. The van der Waals surface area contributed by atoms with E-state index < -0.39 is 0 Å². The molecule has 40 heavy (non-hydrogen) atoms. The van der Waals surface area contributed by atoms with Gasteiger partial charge in [0.15, 0.2) is 0 Å². The SMILES string of the molecule is Cc1cc(-n2c3ccccc3c3ncccc32)ccc1-c1ccc(-n2c3ccccc3c3ncccc32)cc1C. The van der Waals surface area contributed by atoms with Crippen molar-refractivity contribution in [2.45, 2.75) is 13.8 Å². The summed E-state index contributed by atoms with van der Waals surface area (Å²) in [4.78, 5) is 9.39. The van der Waals surface area contributed by atoms with E-state index in [1.807, 2.05) is 24.5 Å². The first-order valence-electron chi connectivity index (χ1n) is 13.6. The first-order chi connectivity index (χ1) is 19.7. The Balaban J connectivity index is 1.25. The molecule has 0 saturated heterocycles. The Hall–Kier alpha value is -5.22. The maximum absolute atomic E-state index is 4.70. The van der Waals surface area contributed by atoms with Crippen LogP contribution in [0.3, 0.4) is 0 Å². The molecule has 0 bridgehead atoms. The molecule has 0 aliphatic carbocycles. The van der Waals surface area contributed by atoms with Gasteiger partial charge in [0.05, 0.1) is 33.1 Å². The van der Waals surface area contributed by atoms with Gasteiger partial charge in [0.2, 0.25) is 0 Å². The van der Waals surface area contributed by atoms with Crippen LogP contribution in [0.15, 0.2) is 122 Å². The molecule has 0 N–H and O–H groups in total. The van der Waals surface area contributed by atoms with Crippen LogP contribution in [0.1, 0.15) is 11.1 Å². The van der Waals surface area contributed by atoms with E-state index in [-0.39, 0.29) is 0 Å². The lowest BCUT2D eigenvalue weighted by molar-refractivity contribution is 1.16. The van der Waals surface area contributed by atoms with Gasteiger partial charge in [-0.05, 0) is 96.8 Å². The smallest absolute Gasteiger partial charge is 0.0963 e. The van der Waals surface area contributed by atoms with Crippen LogP contribution in [-0.2, 0) is 0 Å². The average Bonchev–Trinajstić information content (AvgIpc) is 3.51. The average molecular weight is 515 g/mol. The van der Waals surface area contributed by atoms with Crippen molar-refractivity contribution in [2.24, 2.45) is 0 Å². The zero-order valence-electron chi connectivity index (χ0n) is 22.3. The number of para-hydroxylation sites is 2. The van der Waals surface area contributed by atoms with Crippen LogP contribution in [0.2, 0.25) is 0 Å². The number of fused-ring (bicyclic) bond motifs is 6. The largest absolute Gasteiger partial charge is 0.308 e. The summed E-state index contributed by atoms with van der Waals surface area (Å²) in [7, 11) is 0. The predicted octanol–water partition coefficient (Wildman–Crippen LogP) is 8.95. The molecule has 4 heterocycles. The van der Waals surface area contributed by atoms with Crippen molar-refractivity contribution in [3.05, 3.63) is 133 Å². The summed E-state index contributed by atoms with van der Waals surface area (Å²) in [5.41, 5.74) is 13.9. The van der Waals surface area contributed by atoms with Crippen LogP contribution in [0.4, 0.5) is 0 Å². The summed E-state index contributed by atoms with van der Waals surface area (Å²) in [5, 5.41) is 2.35. The molecule has 190 valence electrons. The molecule has 8 aromatic rings. The first-order valence-corrected chi connectivity index (χ1v) is 13.6. The second-order valence-corrected chi connectivity index (χ2v) is 10.4. The molecule has 0 fully saturated rings. The van der Waals surface area contributed by atoms with Crippen LogP contribution in [0.25, 0.3) is 66.4 Å². The Morgan fingerprint density at radius 3 is 1.32 bits per heavy atom. The molecule has 0 unspecified atom stereocenters. The lowest BCUT2D eigenvalue weighted by atomic mass is 9.95. The highest BCUT2D eigenvalue weighted by Crippen LogP contribution is 2.36. The fraction of sp³-hybridized carbons (Fsp3) is 0.0556. The van der Waals surface area contributed by atoms with E-state index in [1.165, 1.54) is 44.1 Å². The number of aromatic nitrogens is 4. The zero-order valence-corrected chi connectivity index (χ0v) is 22.3. The van der Waals surface area contributed by atoms with Crippen molar-refractivity contribution in [1.29, 1.82) is 0 Å². The van der Waals surface area contributed by atoms with Crippen molar-refractivity contribution >= 4 is 43.9 Å². The van der Waals surface area contributed by atoms with Gasteiger partial charge >= 0.3 is 0 Å². The van der Waals surface area contributed by atoms with Crippen molar-refractivity contribution in [3.8, 4) is 22.5 Å². The topological polar surface area (TPSA) is 35.6 Å². The summed E-state index contributed by atoms with van der Waals surface area (Å²) >= 11 is 0. The van der Waals surface area contributed by atoms with Gasteiger partial charge in [-0.15, -0.1) is 0 Å². The third-order valence-corrected chi connectivity index (χ3v) is 8.08. The fourth-order valence-corrected chi connectivity index (χ4v) is 6.30. The monoisotopic (exact) mass is 514 g/mol.